The molecule has 1 aliphatic heterocycles. The fourth-order valence-electron chi connectivity index (χ4n) is 3.70. The number of fused-ring (bicyclic) bond motifs is 1. The van der Waals surface area contributed by atoms with Gasteiger partial charge < -0.3 is 10.2 Å². The van der Waals surface area contributed by atoms with E-state index in [1.807, 2.05) is 24.3 Å². The minimum Gasteiger partial charge on any atom is -0.335 e. The number of amides is 2. The van der Waals surface area contributed by atoms with E-state index >= 15 is 0 Å². The Morgan fingerprint density at radius 3 is 2.63 bits per heavy atom. The molecule has 1 aliphatic carbocycles. The smallest absolute Gasteiger partial charge is 0.227 e. The zero-order valence-electron chi connectivity index (χ0n) is 15.2. The van der Waals surface area contributed by atoms with E-state index in [9.17, 15) is 14.0 Å². The Morgan fingerprint density at radius 2 is 1.85 bits per heavy atom. The normalized spacial score (nSPS) is 18.6. The van der Waals surface area contributed by atoms with Crippen molar-refractivity contribution >= 4 is 17.5 Å². The van der Waals surface area contributed by atoms with Gasteiger partial charge in [-0.05, 0) is 43.4 Å². The number of nitrogens with one attached hydrogen (secondary N) is 1. The molecule has 1 N–H and O–H groups in total. The van der Waals surface area contributed by atoms with E-state index in [4.69, 9.17) is 0 Å². The zero-order valence-corrected chi connectivity index (χ0v) is 15.2. The molecule has 1 fully saturated rings. The fourth-order valence-corrected chi connectivity index (χ4v) is 3.70. The van der Waals surface area contributed by atoms with Gasteiger partial charge in [0.05, 0.1) is 0 Å². The number of anilines is 1. The average molecular weight is 366 g/mol. The van der Waals surface area contributed by atoms with E-state index in [2.05, 4.69) is 5.32 Å². The molecule has 2 aromatic carbocycles. The maximum absolute atomic E-state index is 14.0. The number of hydrogen-bond donors (Lipinski definition) is 1. The van der Waals surface area contributed by atoms with Gasteiger partial charge in [0, 0.05) is 36.2 Å². The van der Waals surface area contributed by atoms with Crippen LogP contribution in [-0.2, 0) is 22.6 Å². The van der Waals surface area contributed by atoms with Crippen LogP contribution >= 0.6 is 0 Å². The zero-order chi connectivity index (χ0) is 18.8. The molecule has 0 spiro atoms. The Labute approximate surface area is 158 Å². The van der Waals surface area contributed by atoms with Crippen molar-refractivity contribution in [3.63, 3.8) is 0 Å². The van der Waals surface area contributed by atoms with Crippen molar-refractivity contribution in [1.29, 1.82) is 0 Å². The van der Waals surface area contributed by atoms with Gasteiger partial charge in [0.2, 0.25) is 11.8 Å². The van der Waals surface area contributed by atoms with Crippen LogP contribution < -0.4 is 5.32 Å². The minimum atomic E-state index is -0.279. The first-order valence-electron chi connectivity index (χ1n) is 9.53. The van der Waals surface area contributed by atoms with Gasteiger partial charge in [-0.15, -0.1) is 0 Å². The van der Waals surface area contributed by atoms with E-state index in [-0.39, 0.29) is 29.6 Å². The molecule has 140 valence electrons. The second-order valence-electron chi connectivity index (χ2n) is 7.43. The van der Waals surface area contributed by atoms with Gasteiger partial charge in [0.15, 0.2) is 0 Å². The molecule has 5 heteroatoms. The van der Waals surface area contributed by atoms with Crippen LogP contribution in [0.25, 0.3) is 0 Å². The maximum atomic E-state index is 14.0. The third kappa shape index (κ3) is 4.02. The van der Waals surface area contributed by atoms with E-state index < -0.39 is 0 Å². The molecule has 2 amide bonds. The quantitative estimate of drug-likeness (QED) is 0.843. The summed E-state index contributed by atoms with van der Waals surface area (Å²) >= 11 is 0. The Hall–Kier alpha value is -2.69. The summed E-state index contributed by atoms with van der Waals surface area (Å²) in [6.45, 7) is 0.301. The molecular formula is C22H23FN2O2. The first-order chi connectivity index (χ1) is 13.1. The lowest BCUT2D eigenvalue weighted by atomic mass is 9.89. The summed E-state index contributed by atoms with van der Waals surface area (Å²) < 4.78 is 14.0. The maximum Gasteiger partial charge on any atom is 0.227 e. The van der Waals surface area contributed by atoms with Gasteiger partial charge in [-0.25, -0.2) is 4.39 Å². The third-order valence-corrected chi connectivity index (χ3v) is 5.43. The monoisotopic (exact) mass is 366 g/mol. The summed E-state index contributed by atoms with van der Waals surface area (Å²) in [5, 5.41) is 2.93. The molecule has 2 aliphatic rings. The van der Waals surface area contributed by atoms with E-state index in [1.165, 1.54) is 6.07 Å². The summed E-state index contributed by atoms with van der Waals surface area (Å²) in [4.78, 5) is 26.9. The SMILES string of the molecule is O=C1Nc2ccccc2CC1CCC(=O)N(Cc1ccccc1F)C1CC1. The van der Waals surface area contributed by atoms with Crippen molar-refractivity contribution in [2.75, 3.05) is 5.32 Å². The molecule has 0 radical (unpaired) electrons. The van der Waals surface area contributed by atoms with Crippen molar-refractivity contribution in [3.05, 3.63) is 65.5 Å². The lowest BCUT2D eigenvalue weighted by molar-refractivity contribution is -0.133. The molecule has 1 unspecified atom stereocenters. The van der Waals surface area contributed by atoms with Gasteiger partial charge in [-0.3, -0.25) is 9.59 Å². The second-order valence-corrected chi connectivity index (χ2v) is 7.43. The Balaban J connectivity index is 1.39. The number of nitrogens with zero attached hydrogens (tertiary/aromatic N) is 1. The number of carbonyl (C=O) groups is 2. The van der Waals surface area contributed by atoms with Crippen LogP contribution in [-0.4, -0.2) is 22.8 Å². The number of rotatable bonds is 6. The molecule has 1 saturated carbocycles. The van der Waals surface area contributed by atoms with E-state index in [1.54, 1.807) is 23.1 Å². The summed E-state index contributed by atoms with van der Waals surface area (Å²) in [6.07, 6.45) is 3.42. The number of halogens is 1. The Morgan fingerprint density at radius 1 is 1.11 bits per heavy atom. The highest BCUT2D eigenvalue weighted by Crippen LogP contribution is 2.31. The highest BCUT2D eigenvalue weighted by Gasteiger charge is 2.34. The van der Waals surface area contributed by atoms with Crippen molar-refractivity contribution in [2.45, 2.75) is 44.7 Å². The van der Waals surface area contributed by atoms with Gasteiger partial charge >= 0.3 is 0 Å². The first kappa shape index (κ1) is 17.7. The highest BCUT2D eigenvalue weighted by molar-refractivity contribution is 5.96. The summed E-state index contributed by atoms with van der Waals surface area (Å²) in [5.41, 5.74) is 2.52. The number of hydrogen-bond acceptors (Lipinski definition) is 2. The second kappa shape index (κ2) is 7.51. The van der Waals surface area contributed by atoms with Crippen LogP contribution in [0.3, 0.4) is 0 Å². The fraction of sp³-hybridized carbons (Fsp3) is 0.364. The molecular weight excluding hydrogens is 343 g/mol. The van der Waals surface area contributed by atoms with Gasteiger partial charge in [0.1, 0.15) is 5.82 Å². The standard InChI is InChI=1S/C22H23FN2O2/c23-19-7-3-1-6-17(19)14-25(18-10-11-18)21(26)12-9-16-13-15-5-2-4-8-20(15)24-22(16)27/h1-8,16,18H,9-14H2,(H,24,27). The highest BCUT2D eigenvalue weighted by atomic mass is 19.1. The molecule has 0 saturated heterocycles. The molecule has 1 heterocycles. The lowest BCUT2D eigenvalue weighted by Crippen LogP contribution is -2.35. The van der Waals surface area contributed by atoms with Crippen molar-refractivity contribution < 1.29 is 14.0 Å². The van der Waals surface area contributed by atoms with Crippen LogP contribution in [0, 0.1) is 11.7 Å². The Bertz CT molecular complexity index is 863. The van der Waals surface area contributed by atoms with Crippen molar-refractivity contribution in [3.8, 4) is 0 Å². The summed E-state index contributed by atoms with van der Waals surface area (Å²) in [7, 11) is 0. The van der Waals surface area contributed by atoms with E-state index in [0.717, 1.165) is 24.1 Å². The van der Waals surface area contributed by atoms with Crippen LogP contribution in [0.5, 0.6) is 0 Å². The molecule has 4 rings (SSSR count). The average Bonchev–Trinajstić information content (AvgIpc) is 3.50. The third-order valence-electron chi connectivity index (χ3n) is 5.43. The predicted molar refractivity (Wildman–Crippen MR) is 101 cm³/mol. The number of benzene rings is 2. The van der Waals surface area contributed by atoms with Gasteiger partial charge in [-0.2, -0.15) is 0 Å². The van der Waals surface area contributed by atoms with Crippen LogP contribution in [0.1, 0.15) is 36.8 Å². The number of para-hydroxylation sites is 1. The number of carbonyl (C=O) groups excluding carboxylic acids is 2. The minimum absolute atomic E-state index is 0.00686. The van der Waals surface area contributed by atoms with Crippen LogP contribution in [0.2, 0.25) is 0 Å². The van der Waals surface area contributed by atoms with Crippen LogP contribution in [0.15, 0.2) is 48.5 Å². The van der Waals surface area contributed by atoms with Crippen molar-refractivity contribution in [1.82, 2.24) is 4.90 Å². The van der Waals surface area contributed by atoms with Crippen LogP contribution in [0.4, 0.5) is 10.1 Å². The predicted octanol–water partition coefficient (Wildman–Crippen LogP) is 3.91. The van der Waals surface area contributed by atoms with Crippen molar-refractivity contribution in [2.24, 2.45) is 5.92 Å². The van der Waals surface area contributed by atoms with Gasteiger partial charge in [-0.1, -0.05) is 36.4 Å². The molecule has 4 nitrogen and oxygen atoms in total. The Kier molecular flexibility index (Phi) is 4.92. The molecule has 27 heavy (non-hydrogen) atoms. The summed E-state index contributed by atoms with van der Waals surface area (Å²) in [6, 6.07) is 14.6. The topological polar surface area (TPSA) is 49.4 Å². The van der Waals surface area contributed by atoms with Gasteiger partial charge in [0.25, 0.3) is 0 Å². The van der Waals surface area contributed by atoms with E-state index in [0.29, 0.717) is 31.4 Å². The lowest BCUT2D eigenvalue weighted by Gasteiger charge is -2.26. The molecule has 0 bridgehead atoms. The molecule has 2 aromatic rings. The first-order valence-corrected chi connectivity index (χ1v) is 9.53. The summed E-state index contributed by atoms with van der Waals surface area (Å²) in [5.74, 6) is -0.487. The largest absolute Gasteiger partial charge is 0.335 e. The molecule has 0 aromatic heterocycles. The molecule has 1 atom stereocenters.